The second-order valence-corrected chi connectivity index (χ2v) is 7.58. The Hall–Kier alpha value is -3.63. The molecule has 2 aromatic carbocycles. The molecule has 0 unspecified atom stereocenters. The first-order valence-corrected chi connectivity index (χ1v) is 10.4. The molecule has 9 nitrogen and oxygen atoms in total. The largest absolute Gasteiger partial charge is 0.355 e. The van der Waals surface area contributed by atoms with Crippen molar-refractivity contribution >= 4 is 35.2 Å². The van der Waals surface area contributed by atoms with Crippen LogP contribution in [0.15, 0.2) is 76.7 Å². The van der Waals surface area contributed by atoms with E-state index in [0.717, 1.165) is 23.0 Å². The number of nitrogens with one attached hydrogen (secondary N) is 2. The molecule has 0 fully saturated rings. The van der Waals surface area contributed by atoms with E-state index in [2.05, 4.69) is 26.2 Å². The van der Waals surface area contributed by atoms with Crippen LogP contribution in [0.25, 0.3) is 17.0 Å². The summed E-state index contributed by atoms with van der Waals surface area (Å²) < 4.78 is 6.89. The Kier molecular flexibility index (Phi) is 6.29. The highest BCUT2D eigenvalue weighted by Crippen LogP contribution is 2.22. The Morgan fingerprint density at radius 3 is 2.71 bits per heavy atom. The molecule has 0 bridgehead atoms. The van der Waals surface area contributed by atoms with Crippen LogP contribution < -0.4 is 10.9 Å². The van der Waals surface area contributed by atoms with Crippen LogP contribution in [0.2, 0.25) is 5.02 Å². The molecule has 0 saturated heterocycles. The van der Waals surface area contributed by atoms with Gasteiger partial charge in [-0.1, -0.05) is 64.9 Å². The molecule has 156 valence electrons. The number of hydrogen-bond acceptors (Lipinski definition) is 7. The zero-order valence-corrected chi connectivity index (χ0v) is 17.4. The number of amides is 2. The Bertz CT molecular complexity index is 1210. The Morgan fingerprint density at radius 1 is 1.06 bits per heavy atom. The molecule has 0 aliphatic rings. The maximum atomic E-state index is 12.2. The molecule has 11 heteroatoms. The first kappa shape index (κ1) is 20.6. The van der Waals surface area contributed by atoms with E-state index in [4.69, 9.17) is 16.1 Å². The van der Waals surface area contributed by atoms with Crippen molar-refractivity contribution in [3.05, 3.63) is 77.7 Å². The number of benzene rings is 2. The van der Waals surface area contributed by atoms with Crippen molar-refractivity contribution in [1.29, 1.82) is 0 Å². The number of thioether (sulfide) groups is 1. The lowest BCUT2D eigenvalue weighted by atomic mass is 10.1. The van der Waals surface area contributed by atoms with Gasteiger partial charge in [-0.15, -0.1) is 10.2 Å². The van der Waals surface area contributed by atoms with Gasteiger partial charge in [0, 0.05) is 16.7 Å². The van der Waals surface area contributed by atoms with Gasteiger partial charge in [0.05, 0.1) is 11.4 Å². The minimum Gasteiger partial charge on any atom is -0.355 e. The van der Waals surface area contributed by atoms with Gasteiger partial charge in [0.25, 0.3) is 5.91 Å². The molecule has 2 heterocycles. The van der Waals surface area contributed by atoms with Crippen molar-refractivity contribution in [2.24, 2.45) is 0 Å². The maximum Gasteiger partial charge on any atom is 0.291 e. The Balaban J connectivity index is 1.30. The van der Waals surface area contributed by atoms with E-state index in [-0.39, 0.29) is 11.4 Å². The summed E-state index contributed by atoms with van der Waals surface area (Å²) >= 11 is 7.18. The van der Waals surface area contributed by atoms with Gasteiger partial charge in [0.1, 0.15) is 6.33 Å². The lowest BCUT2D eigenvalue weighted by Crippen LogP contribution is -2.42. The molecular weight excluding hydrogens is 440 g/mol. The number of carbonyl (C=O) groups is 2. The molecule has 0 saturated carbocycles. The number of carbonyl (C=O) groups excluding carboxylic acids is 2. The summed E-state index contributed by atoms with van der Waals surface area (Å²) in [5.41, 5.74) is 6.26. The van der Waals surface area contributed by atoms with Crippen molar-refractivity contribution in [2.45, 2.75) is 5.16 Å². The van der Waals surface area contributed by atoms with Gasteiger partial charge in [0.15, 0.2) is 16.6 Å². The van der Waals surface area contributed by atoms with Crippen LogP contribution >= 0.6 is 23.4 Å². The Labute approximate surface area is 185 Å². The number of rotatable bonds is 6. The zero-order chi connectivity index (χ0) is 21.6. The summed E-state index contributed by atoms with van der Waals surface area (Å²) in [5, 5.41) is 12.7. The number of hydrazine groups is 1. The van der Waals surface area contributed by atoms with Crippen LogP contribution in [0.5, 0.6) is 0 Å². The molecule has 0 spiro atoms. The van der Waals surface area contributed by atoms with Crippen LogP contribution in [-0.2, 0) is 4.79 Å². The van der Waals surface area contributed by atoms with Crippen LogP contribution in [0.1, 0.15) is 10.5 Å². The second kappa shape index (κ2) is 9.45. The maximum absolute atomic E-state index is 12.2. The topological polar surface area (TPSA) is 115 Å². The van der Waals surface area contributed by atoms with Gasteiger partial charge in [-0.05, 0) is 18.2 Å². The van der Waals surface area contributed by atoms with Gasteiger partial charge in [-0.2, -0.15) is 0 Å². The highest BCUT2D eigenvalue weighted by molar-refractivity contribution is 7.99. The van der Waals surface area contributed by atoms with Gasteiger partial charge in [-0.25, -0.2) is 0 Å². The number of aromatic nitrogens is 4. The quantitative estimate of drug-likeness (QED) is 0.339. The van der Waals surface area contributed by atoms with Crippen molar-refractivity contribution in [2.75, 3.05) is 5.75 Å². The first-order chi connectivity index (χ1) is 15.1. The fourth-order valence-electron chi connectivity index (χ4n) is 2.60. The smallest absolute Gasteiger partial charge is 0.291 e. The average Bonchev–Trinajstić information content (AvgIpc) is 3.46. The third kappa shape index (κ3) is 5.11. The fraction of sp³-hybridized carbons (Fsp3) is 0.0500. The Morgan fingerprint density at radius 2 is 1.90 bits per heavy atom. The van der Waals surface area contributed by atoms with Crippen LogP contribution in [0.4, 0.5) is 0 Å². The molecule has 2 amide bonds. The molecular formula is C20H15ClN6O3S. The average molecular weight is 455 g/mol. The number of nitrogens with zero attached hydrogens (tertiary/aromatic N) is 4. The molecule has 4 aromatic rings. The van der Waals surface area contributed by atoms with E-state index >= 15 is 0 Å². The van der Waals surface area contributed by atoms with Gasteiger partial charge >= 0.3 is 0 Å². The normalized spacial score (nSPS) is 10.6. The van der Waals surface area contributed by atoms with Gasteiger partial charge in [0.2, 0.25) is 5.91 Å². The molecule has 2 N–H and O–H groups in total. The molecule has 0 aliphatic heterocycles. The highest BCUT2D eigenvalue weighted by atomic mass is 35.5. The fourth-order valence-corrected chi connectivity index (χ4v) is 3.52. The lowest BCUT2D eigenvalue weighted by Gasteiger charge is -2.07. The first-order valence-electron chi connectivity index (χ1n) is 9.00. The minimum atomic E-state index is -0.591. The molecule has 0 radical (unpaired) electrons. The third-order valence-corrected chi connectivity index (χ3v) is 5.23. The van der Waals surface area contributed by atoms with E-state index in [1.165, 1.54) is 12.4 Å². The molecule has 2 aromatic heterocycles. The van der Waals surface area contributed by atoms with Crippen LogP contribution in [0, 0.1) is 0 Å². The van der Waals surface area contributed by atoms with Crippen molar-refractivity contribution in [3.63, 3.8) is 0 Å². The van der Waals surface area contributed by atoms with E-state index in [9.17, 15) is 9.59 Å². The number of hydrogen-bond donors (Lipinski definition) is 2. The summed E-state index contributed by atoms with van der Waals surface area (Å²) in [6, 6.07) is 17.9. The lowest BCUT2D eigenvalue weighted by molar-refractivity contribution is -0.119. The van der Waals surface area contributed by atoms with E-state index in [0.29, 0.717) is 15.9 Å². The minimum absolute atomic E-state index is 0.00756. The van der Waals surface area contributed by atoms with Crippen molar-refractivity contribution in [3.8, 4) is 17.0 Å². The zero-order valence-electron chi connectivity index (χ0n) is 15.9. The van der Waals surface area contributed by atoms with Crippen LogP contribution in [-0.4, -0.2) is 37.5 Å². The highest BCUT2D eigenvalue weighted by Gasteiger charge is 2.15. The SMILES string of the molecule is O=C(CSc1nncn1-c1cccc(Cl)c1)NNC(=O)c1cc(-c2ccccc2)on1. The second-order valence-electron chi connectivity index (χ2n) is 6.20. The van der Waals surface area contributed by atoms with E-state index in [1.54, 1.807) is 16.7 Å². The molecule has 0 atom stereocenters. The summed E-state index contributed by atoms with van der Waals surface area (Å²) in [6.07, 6.45) is 1.53. The summed E-state index contributed by atoms with van der Waals surface area (Å²) in [6.45, 7) is 0. The summed E-state index contributed by atoms with van der Waals surface area (Å²) in [4.78, 5) is 24.3. The predicted molar refractivity (Wildman–Crippen MR) is 115 cm³/mol. The van der Waals surface area contributed by atoms with Gasteiger partial charge in [-0.3, -0.25) is 25.0 Å². The summed E-state index contributed by atoms with van der Waals surface area (Å²) in [5.74, 6) is -0.557. The molecule has 31 heavy (non-hydrogen) atoms. The van der Waals surface area contributed by atoms with E-state index in [1.807, 2.05) is 42.5 Å². The molecule has 0 aliphatic carbocycles. The van der Waals surface area contributed by atoms with Crippen LogP contribution in [0.3, 0.4) is 0 Å². The standard InChI is InChI=1S/C20H15ClN6O3S/c21-14-7-4-8-15(9-14)27-12-22-25-20(27)31-11-18(28)23-24-19(29)16-10-17(30-26-16)13-5-2-1-3-6-13/h1-10,12H,11H2,(H,23,28)(H,24,29). The van der Waals surface area contributed by atoms with Crippen molar-refractivity contribution < 1.29 is 14.1 Å². The molecule has 4 rings (SSSR count). The summed E-state index contributed by atoms with van der Waals surface area (Å²) in [7, 11) is 0. The van der Waals surface area contributed by atoms with Gasteiger partial charge < -0.3 is 4.52 Å². The third-order valence-electron chi connectivity index (χ3n) is 4.05. The van der Waals surface area contributed by atoms with Crippen molar-refractivity contribution in [1.82, 2.24) is 30.8 Å². The van der Waals surface area contributed by atoms with E-state index < -0.39 is 11.8 Å². The monoisotopic (exact) mass is 454 g/mol. The number of halogens is 1. The predicted octanol–water partition coefficient (Wildman–Crippen LogP) is 3.13.